The number of carbonyl (C=O) groups excluding carboxylic acids is 1. The van der Waals surface area contributed by atoms with Gasteiger partial charge in [-0.1, -0.05) is 11.6 Å². The molecular weight excluding hydrogens is 252 g/mol. The van der Waals surface area contributed by atoms with Crippen molar-refractivity contribution in [3.8, 4) is 0 Å². The maximum atomic E-state index is 12.3. The van der Waals surface area contributed by atoms with Gasteiger partial charge in [0.2, 0.25) is 5.72 Å². The first-order valence-electron chi connectivity index (χ1n) is 5.84. The molecule has 5 heteroatoms. The molecule has 18 heavy (non-hydrogen) atoms. The van der Waals surface area contributed by atoms with Crippen molar-refractivity contribution < 1.29 is 9.90 Å². The monoisotopic (exact) mass is 266 g/mol. The average molecular weight is 267 g/mol. The van der Waals surface area contributed by atoms with Crippen molar-refractivity contribution in [2.45, 2.75) is 18.1 Å². The summed E-state index contributed by atoms with van der Waals surface area (Å²) in [5.41, 5.74) is -0.355. The lowest BCUT2D eigenvalue weighted by molar-refractivity contribution is -0.143. The van der Waals surface area contributed by atoms with E-state index >= 15 is 0 Å². The van der Waals surface area contributed by atoms with Gasteiger partial charge in [0.25, 0.3) is 5.91 Å². The van der Waals surface area contributed by atoms with Gasteiger partial charge in [0.1, 0.15) is 0 Å². The van der Waals surface area contributed by atoms with Gasteiger partial charge in [-0.3, -0.25) is 4.79 Å². The molecule has 0 saturated carbocycles. The first kappa shape index (κ1) is 11.8. The van der Waals surface area contributed by atoms with Gasteiger partial charge in [-0.2, -0.15) is 0 Å². The Labute approximate surface area is 111 Å². The Bertz CT molecular complexity index is 562. The van der Waals surface area contributed by atoms with Gasteiger partial charge < -0.3 is 14.9 Å². The lowest BCUT2D eigenvalue weighted by Crippen LogP contribution is -2.58. The highest BCUT2D eigenvalue weighted by Crippen LogP contribution is 2.54. The van der Waals surface area contributed by atoms with Crippen LogP contribution in [0, 0.1) is 0 Å². The van der Waals surface area contributed by atoms with E-state index in [2.05, 4.69) is 0 Å². The summed E-state index contributed by atoms with van der Waals surface area (Å²) in [7, 11) is 3.46. The highest BCUT2D eigenvalue weighted by Gasteiger charge is 2.67. The van der Waals surface area contributed by atoms with Crippen molar-refractivity contribution in [2.24, 2.45) is 0 Å². The van der Waals surface area contributed by atoms with Crippen LogP contribution in [-0.2, 0) is 10.2 Å². The fourth-order valence-electron chi connectivity index (χ4n) is 3.36. The van der Waals surface area contributed by atoms with E-state index in [-0.39, 0.29) is 5.91 Å². The van der Waals surface area contributed by atoms with E-state index in [1.807, 2.05) is 19.1 Å². The fraction of sp³-hybridized carbons (Fsp3) is 0.462. The van der Waals surface area contributed by atoms with Crippen molar-refractivity contribution in [2.75, 3.05) is 25.5 Å². The van der Waals surface area contributed by atoms with Crippen LogP contribution < -0.4 is 4.90 Å². The molecule has 0 spiro atoms. The molecule has 1 aromatic rings. The first-order chi connectivity index (χ1) is 8.32. The summed E-state index contributed by atoms with van der Waals surface area (Å²) >= 11 is 6.04. The first-order valence-corrected chi connectivity index (χ1v) is 6.22. The Hall–Kier alpha value is -1.26. The van der Waals surface area contributed by atoms with Crippen LogP contribution in [0.25, 0.3) is 0 Å². The van der Waals surface area contributed by atoms with E-state index < -0.39 is 11.1 Å². The van der Waals surface area contributed by atoms with Gasteiger partial charge in [0.15, 0.2) is 0 Å². The molecule has 1 amide bonds. The second-order valence-electron chi connectivity index (χ2n) is 5.39. The number of likely N-dealkylation sites (tertiary alicyclic amines) is 1. The number of anilines is 1. The van der Waals surface area contributed by atoms with Gasteiger partial charge >= 0.3 is 0 Å². The molecule has 1 N–H and O–H groups in total. The molecule has 1 saturated heterocycles. The maximum absolute atomic E-state index is 12.3. The van der Waals surface area contributed by atoms with Gasteiger partial charge in [-0.15, -0.1) is 0 Å². The highest BCUT2D eigenvalue weighted by atomic mass is 35.5. The number of fused-ring (bicyclic) bond motifs is 3. The summed E-state index contributed by atoms with van der Waals surface area (Å²) in [6.07, 6.45) is 0. The van der Waals surface area contributed by atoms with Gasteiger partial charge in [-0.25, -0.2) is 0 Å². The summed E-state index contributed by atoms with van der Waals surface area (Å²) in [6, 6.07) is 5.48. The fourth-order valence-corrected chi connectivity index (χ4v) is 3.53. The van der Waals surface area contributed by atoms with Crippen LogP contribution in [0.4, 0.5) is 5.69 Å². The quantitative estimate of drug-likeness (QED) is 0.768. The number of rotatable bonds is 0. The topological polar surface area (TPSA) is 43.8 Å². The predicted molar refractivity (Wildman–Crippen MR) is 69.8 cm³/mol. The van der Waals surface area contributed by atoms with Crippen molar-refractivity contribution in [3.63, 3.8) is 0 Å². The third kappa shape index (κ3) is 1.04. The molecule has 0 aliphatic carbocycles. The van der Waals surface area contributed by atoms with Gasteiger partial charge in [0, 0.05) is 31.4 Å². The minimum Gasteiger partial charge on any atom is -0.362 e. The third-order valence-electron chi connectivity index (χ3n) is 4.37. The van der Waals surface area contributed by atoms with E-state index in [4.69, 9.17) is 11.6 Å². The zero-order chi connectivity index (χ0) is 13.3. The van der Waals surface area contributed by atoms with E-state index in [0.717, 1.165) is 11.3 Å². The molecule has 96 valence electrons. The minimum atomic E-state index is -1.51. The molecule has 2 aliphatic rings. The van der Waals surface area contributed by atoms with Crippen LogP contribution in [-0.4, -0.2) is 42.3 Å². The molecule has 1 fully saturated rings. The number of amides is 1. The maximum Gasteiger partial charge on any atom is 0.276 e. The van der Waals surface area contributed by atoms with E-state index in [1.165, 1.54) is 0 Å². The molecule has 0 unspecified atom stereocenters. The SMILES string of the molecule is CN1C[C@]2(C)c3cc(Cl)ccc3N(C)[C@@]2(O)C1=O. The number of benzene rings is 1. The smallest absolute Gasteiger partial charge is 0.276 e. The van der Waals surface area contributed by atoms with Crippen molar-refractivity contribution in [1.29, 1.82) is 0 Å². The van der Waals surface area contributed by atoms with Gasteiger partial charge in [-0.05, 0) is 30.7 Å². The molecule has 0 radical (unpaired) electrons. The lowest BCUT2D eigenvalue weighted by atomic mass is 9.78. The zero-order valence-corrected chi connectivity index (χ0v) is 11.3. The van der Waals surface area contributed by atoms with Crippen LogP contribution >= 0.6 is 11.6 Å². The Morgan fingerprint density at radius 3 is 2.72 bits per heavy atom. The summed E-state index contributed by atoms with van der Waals surface area (Å²) in [5, 5.41) is 11.5. The third-order valence-corrected chi connectivity index (χ3v) is 4.60. The van der Waals surface area contributed by atoms with Crippen molar-refractivity contribution in [1.82, 2.24) is 4.90 Å². The molecule has 2 atom stereocenters. The number of hydrogen-bond acceptors (Lipinski definition) is 3. The second-order valence-corrected chi connectivity index (χ2v) is 5.82. The van der Waals surface area contributed by atoms with Gasteiger partial charge in [0.05, 0.1) is 5.41 Å². The molecule has 3 rings (SSSR count). The summed E-state index contributed by atoms with van der Waals surface area (Å²) < 4.78 is 0. The Morgan fingerprint density at radius 1 is 1.39 bits per heavy atom. The van der Waals surface area contributed by atoms with E-state index in [1.54, 1.807) is 30.0 Å². The zero-order valence-electron chi connectivity index (χ0n) is 10.6. The standard InChI is InChI=1S/C13H15ClN2O2/c1-12-7-15(2)11(17)13(12,18)16(3)10-5-4-8(14)6-9(10)12/h4-6,18H,7H2,1-3H3/t12-,13-/m1/s1. The van der Waals surface area contributed by atoms with Crippen molar-refractivity contribution in [3.05, 3.63) is 28.8 Å². The number of likely N-dealkylation sites (N-methyl/N-ethyl adjacent to an activating group) is 2. The van der Waals surface area contributed by atoms with Crippen LogP contribution in [0.2, 0.25) is 5.02 Å². The average Bonchev–Trinajstić information content (AvgIpc) is 2.60. The molecule has 0 bridgehead atoms. The van der Waals surface area contributed by atoms with E-state index in [9.17, 15) is 9.90 Å². The lowest BCUT2D eigenvalue weighted by Gasteiger charge is -2.34. The molecule has 2 aliphatic heterocycles. The van der Waals surface area contributed by atoms with E-state index in [0.29, 0.717) is 11.6 Å². The molecule has 0 aromatic heterocycles. The molecule has 1 aromatic carbocycles. The van der Waals surface area contributed by atoms with Crippen LogP contribution in [0.1, 0.15) is 12.5 Å². The predicted octanol–water partition coefficient (Wildman–Crippen LogP) is 1.21. The molecular formula is C13H15ClN2O2. The number of nitrogens with zero attached hydrogens (tertiary/aromatic N) is 2. The van der Waals surface area contributed by atoms with Crippen LogP contribution in [0.3, 0.4) is 0 Å². The van der Waals surface area contributed by atoms with Crippen LogP contribution in [0.15, 0.2) is 18.2 Å². The number of hydrogen-bond donors (Lipinski definition) is 1. The molecule has 4 nitrogen and oxygen atoms in total. The minimum absolute atomic E-state index is 0.264. The summed E-state index contributed by atoms with van der Waals surface area (Å²) in [6.45, 7) is 2.40. The second kappa shape index (κ2) is 3.19. The van der Waals surface area contributed by atoms with Crippen molar-refractivity contribution >= 4 is 23.2 Å². The summed E-state index contributed by atoms with van der Waals surface area (Å²) in [5.74, 6) is -0.264. The Kier molecular flexibility index (Phi) is 2.09. The summed E-state index contributed by atoms with van der Waals surface area (Å²) in [4.78, 5) is 15.5. The highest BCUT2D eigenvalue weighted by molar-refractivity contribution is 6.30. The Balaban J connectivity index is 2.30. The Morgan fingerprint density at radius 2 is 2.06 bits per heavy atom. The largest absolute Gasteiger partial charge is 0.362 e. The number of carbonyl (C=O) groups is 1. The molecule has 2 heterocycles. The normalized spacial score (nSPS) is 33.9. The number of halogens is 1. The number of aliphatic hydroxyl groups is 1. The van der Waals surface area contributed by atoms with Crippen LogP contribution in [0.5, 0.6) is 0 Å².